The molecule has 0 aliphatic rings. The third kappa shape index (κ3) is 2.55. The highest BCUT2D eigenvalue weighted by Crippen LogP contribution is 2.25. The maximum atomic E-state index is 12.4. The van der Waals surface area contributed by atoms with E-state index in [1.54, 1.807) is 43.5 Å². The van der Waals surface area contributed by atoms with Gasteiger partial charge in [-0.3, -0.25) is 14.5 Å². The average molecular weight is 321 g/mol. The molecule has 0 aliphatic heterocycles. The van der Waals surface area contributed by atoms with E-state index in [9.17, 15) is 13.2 Å². The van der Waals surface area contributed by atoms with E-state index in [0.717, 1.165) is 0 Å². The smallest absolute Gasteiger partial charge is 0.306 e. The van der Waals surface area contributed by atoms with Crippen LogP contribution >= 0.6 is 11.3 Å². The van der Waals surface area contributed by atoms with Crippen LogP contribution in [0.3, 0.4) is 0 Å². The van der Waals surface area contributed by atoms with Gasteiger partial charge in [0, 0.05) is 17.3 Å². The van der Waals surface area contributed by atoms with Crippen LogP contribution in [0.1, 0.15) is 5.69 Å². The third-order valence-corrected chi connectivity index (χ3v) is 5.89. The molecular weight excluding hydrogens is 310 g/mol. The quantitative estimate of drug-likeness (QED) is 0.772. The zero-order valence-electron chi connectivity index (χ0n) is 11.0. The number of H-pyrrole nitrogens is 1. The monoisotopic (exact) mass is 321 g/mol. The number of nitrogens with one attached hydrogen (secondary N) is 2. The summed E-state index contributed by atoms with van der Waals surface area (Å²) in [6.45, 7) is 1.55. The molecule has 6 nitrogen and oxygen atoms in total. The molecule has 108 valence electrons. The Morgan fingerprint density at radius 3 is 2.76 bits per heavy atom. The van der Waals surface area contributed by atoms with Gasteiger partial charge in [0.25, 0.3) is 10.0 Å². The molecule has 2 aromatic heterocycles. The Hall–Kier alpha value is -2.19. The zero-order valence-corrected chi connectivity index (χ0v) is 12.6. The molecule has 0 saturated heterocycles. The minimum atomic E-state index is -3.81. The van der Waals surface area contributed by atoms with Gasteiger partial charge in [-0.25, -0.2) is 8.42 Å². The van der Waals surface area contributed by atoms with E-state index in [1.807, 2.05) is 0 Å². The van der Waals surface area contributed by atoms with Crippen molar-refractivity contribution in [3.63, 3.8) is 0 Å². The van der Waals surface area contributed by atoms with Gasteiger partial charge < -0.3 is 4.98 Å². The lowest BCUT2D eigenvalue weighted by molar-refractivity contribution is 0.602. The first kappa shape index (κ1) is 13.8. The number of thiazole rings is 1. The van der Waals surface area contributed by atoms with Gasteiger partial charge in [-0.1, -0.05) is 17.4 Å². The first-order valence-corrected chi connectivity index (χ1v) is 8.33. The molecule has 21 heavy (non-hydrogen) atoms. The molecule has 2 N–H and O–H groups in total. The maximum absolute atomic E-state index is 12.4. The van der Waals surface area contributed by atoms with Crippen molar-refractivity contribution < 1.29 is 8.42 Å². The van der Waals surface area contributed by atoms with Crippen molar-refractivity contribution in [1.82, 2.24) is 9.97 Å². The van der Waals surface area contributed by atoms with Crippen molar-refractivity contribution in [1.29, 1.82) is 0 Å². The Labute approximate surface area is 124 Å². The van der Waals surface area contributed by atoms with Gasteiger partial charge >= 0.3 is 4.87 Å². The highest BCUT2D eigenvalue weighted by molar-refractivity contribution is 7.94. The summed E-state index contributed by atoms with van der Waals surface area (Å²) in [4.78, 5) is 17.5. The summed E-state index contributed by atoms with van der Waals surface area (Å²) in [6.07, 6.45) is 1.64. The molecule has 3 aromatic rings. The van der Waals surface area contributed by atoms with Crippen LogP contribution in [0.15, 0.2) is 45.5 Å². The lowest BCUT2D eigenvalue weighted by atomic mass is 10.2. The minimum Gasteiger partial charge on any atom is -0.315 e. The van der Waals surface area contributed by atoms with Crippen molar-refractivity contribution in [2.75, 3.05) is 4.72 Å². The summed E-state index contributed by atoms with van der Waals surface area (Å²) >= 11 is 0.669. The molecule has 0 saturated carbocycles. The van der Waals surface area contributed by atoms with Crippen molar-refractivity contribution in [2.24, 2.45) is 0 Å². The Kier molecular flexibility index (Phi) is 3.26. The summed E-state index contributed by atoms with van der Waals surface area (Å²) in [5.41, 5.74) is 1.45. The fourth-order valence-electron chi connectivity index (χ4n) is 2.03. The van der Waals surface area contributed by atoms with Gasteiger partial charge in [0.1, 0.15) is 0 Å². The normalized spacial score (nSPS) is 11.7. The molecule has 0 fully saturated rings. The standard InChI is InChI=1S/C13H11N3O3S2/c1-8-12(20-13(17)15-8)21(18,19)16-11-6-2-5-10-9(11)4-3-7-14-10/h2-7,16H,1H3,(H,15,17). The summed E-state index contributed by atoms with van der Waals surface area (Å²) in [6, 6.07) is 8.70. The van der Waals surface area contributed by atoms with Crippen molar-refractivity contribution in [3.05, 3.63) is 51.9 Å². The van der Waals surface area contributed by atoms with Crippen molar-refractivity contribution >= 4 is 38.0 Å². The van der Waals surface area contributed by atoms with Crippen LogP contribution in [0.25, 0.3) is 10.9 Å². The van der Waals surface area contributed by atoms with Gasteiger partial charge in [-0.05, 0) is 31.2 Å². The average Bonchev–Trinajstić information content (AvgIpc) is 2.79. The lowest BCUT2D eigenvalue weighted by Crippen LogP contribution is -2.13. The Morgan fingerprint density at radius 1 is 1.24 bits per heavy atom. The maximum Gasteiger partial charge on any atom is 0.306 e. The molecular formula is C13H11N3O3S2. The van der Waals surface area contributed by atoms with Crippen LogP contribution in [0.2, 0.25) is 0 Å². The Balaban J connectivity index is 2.10. The third-order valence-electron chi connectivity index (χ3n) is 2.92. The highest BCUT2D eigenvalue weighted by Gasteiger charge is 2.21. The highest BCUT2D eigenvalue weighted by atomic mass is 32.2. The number of anilines is 1. The molecule has 0 spiro atoms. The number of pyridine rings is 1. The van der Waals surface area contributed by atoms with Crippen molar-refractivity contribution in [3.8, 4) is 0 Å². The second-order valence-corrected chi connectivity index (χ2v) is 7.27. The summed E-state index contributed by atoms with van der Waals surface area (Å²) in [5.74, 6) is 0. The molecule has 0 amide bonds. The van der Waals surface area contributed by atoms with E-state index in [4.69, 9.17) is 0 Å². The molecule has 8 heteroatoms. The topological polar surface area (TPSA) is 91.9 Å². The van der Waals surface area contributed by atoms with Crippen LogP contribution < -0.4 is 9.60 Å². The molecule has 0 unspecified atom stereocenters. The fourth-order valence-corrected chi connectivity index (χ4v) is 4.41. The van der Waals surface area contributed by atoms with Crippen LogP contribution in [0, 0.1) is 6.92 Å². The van der Waals surface area contributed by atoms with Gasteiger partial charge in [0.15, 0.2) is 4.21 Å². The largest absolute Gasteiger partial charge is 0.315 e. The minimum absolute atomic E-state index is 0.00612. The number of nitrogens with zero attached hydrogens (tertiary/aromatic N) is 1. The van der Waals surface area contributed by atoms with Crippen LogP contribution in [0.5, 0.6) is 0 Å². The van der Waals surface area contributed by atoms with Gasteiger partial charge in [-0.15, -0.1) is 0 Å². The molecule has 1 aromatic carbocycles. The zero-order chi connectivity index (χ0) is 15.0. The van der Waals surface area contributed by atoms with Gasteiger partial charge in [0.2, 0.25) is 0 Å². The second kappa shape index (κ2) is 4.97. The summed E-state index contributed by atoms with van der Waals surface area (Å²) in [7, 11) is -3.81. The number of benzene rings is 1. The Morgan fingerprint density at radius 2 is 2.05 bits per heavy atom. The van der Waals surface area contributed by atoms with Crippen LogP contribution in [-0.4, -0.2) is 18.4 Å². The first-order valence-electron chi connectivity index (χ1n) is 6.04. The molecule has 0 bridgehead atoms. The fraction of sp³-hybridized carbons (Fsp3) is 0.0769. The number of hydrogen-bond donors (Lipinski definition) is 2. The number of aromatic amines is 1. The summed E-state index contributed by atoms with van der Waals surface area (Å²) in [5, 5.41) is 0.698. The predicted octanol–water partition coefficient (Wildman–Crippen LogP) is 2.09. The van der Waals surface area contributed by atoms with Gasteiger partial charge in [0.05, 0.1) is 11.2 Å². The number of rotatable bonds is 3. The molecule has 0 aliphatic carbocycles. The molecule has 2 heterocycles. The van der Waals surface area contributed by atoms with E-state index in [2.05, 4.69) is 14.7 Å². The van der Waals surface area contributed by atoms with Crippen LogP contribution in [0.4, 0.5) is 5.69 Å². The van der Waals surface area contributed by atoms with Crippen LogP contribution in [-0.2, 0) is 10.0 Å². The van der Waals surface area contributed by atoms with E-state index in [-0.39, 0.29) is 4.21 Å². The predicted molar refractivity (Wildman–Crippen MR) is 82.2 cm³/mol. The molecule has 0 atom stereocenters. The number of aromatic nitrogens is 2. The van der Waals surface area contributed by atoms with Crippen molar-refractivity contribution in [2.45, 2.75) is 11.1 Å². The molecule has 3 rings (SSSR count). The second-order valence-electron chi connectivity index (χ2n) is 4.41. The number of fused-ring (bicyclic) bond motifs is 1. The van der Waals surface area contributed by atoms with E-state index >= 15 is 0 Å². The molecule has 0 radical (unpaired) electrons. The number of sulfonamides is 1. The lowest BCUT2D eigenvalue weighted by Gasteiger charge is -2.09. The van der Waals surface area contributed by atoms with E-state index < -0.39 is 14.9 Å². The number of aryl methyl sites for hydroxylation is 1. The van der Waals surface area contributed by atoms with Gasteiger partial charge in [-0.2, -0.15) is 0 Å². The van der Waals surface area contributed by atoms with E-state index in [1.165, 1.54) is 0 Å². The van der Waals surface area contributed by atoms with E-state index in [0.29, 0.717) is 33.6 Å². The SMILES string of the molecule is Cc1[nH]c(=O)sc1S(=O)(=O)Nc1cccc2ncccc12. The number of hydrogen-bond acceptors (Lipinski definition) is 5. The summed E-state index contributed by atoms with van der Waals surface area (Å²) < 4.78 is 27.3. The first-order chi connectivity index (χ1) is 9.97. The Bertz CT molecular complexity index is 968.